The normalized spacial score (nSPS) is 15.0. The molecule has 0 spiro atoms. The summed E-state index contributed by atoms with van der Waals surface area (Å²) in [7, 11) is 1.64. The Morgan fingerprint density at radius 2 is 1.80 bits per heavy atom. The Kier molecular flexibility index (Phi) is 6.37. The lowest BCUT2D eigenvalue weighted by molar-refractivity contribution is 0.0487. The van der Waals surface area contributed by atoms with Gasteiger partial charge >= 0.3 is 0 Å². The summed E-state index contributed by atoms with van der Waals surface area (Å²) in [6.45, 7) is 1.70. The predicted molar refractivity (Wildman–Crippen MR) is 130 cm³/mol. The number of para-hydroxylation sites is 1. The van der Waals surface area contributed by atoms with Crippen LogP contribution in [0, 0.1) is 5.82 Å². The van der Waals surface area contributed by atoms with E-state index in [2.05, 4.69) is 22.5 Å². The molecule has 35 heavy (non-hydrogen) atoms. The number of nitrogens with one attached hydrogen (secondary N) is 1. The van der Waals surface area contributed by atoms with Crippen LogP contribution in [0.5, 0.6) is 5.75 Å². The van der Waals surface area contributed by atoms with Crippen molar-refractivity contribution < 1.29 is 18.7 Å². The summed E-state index contributed by atoms with van der Waals surface area (Å²) in [4.78, 5) is 13.5. The molecule has 2 aromatic heterocycles. The highest BCUT2D eigenvalue weighted by molar-refractivity contribution is 5.97. The van der Waals surface area contributed by atoms with Crippen molar-refractivity contribution in [3.8, 4) is 17.3 Å². The number of carbonyl (C=O) groups is 1. The summed E-state index contributed by atoms with van der Waals surface area (Å²) in [5, 5.41) is 7.51. The van der Waals surface area contributed by atoms with E-state index in [0.29, 0.717) is 31.1 Å². The van der Waals surface area contributed by atoms with Gasteiger partial charge < -0.3 is 19.4 Å². The monoisotopic (exact) mass is 474 g/mol. The molecule has 8 heteroatoms. The predicted octanol–water partition coefficient (Wildman–Crippen LogP) is 4.29. The second kappa shape index (κ2) is 9.76. The highest BCUT2D eigenvalue weighted by atomic mass is 19.1. The number of nitrogens with zero attached hydrogens (tertiary/aromatic N) is 3. The fourth-order valence-corrected chi connectivity index (χ4v) is 4.65. The highest BCUT2D eigenvalue weighted by Crippen LogP contribution is 2.35. The molecular formula is C27H27FN4O3. The van der Waals surface area contributed by atoms with Gasteiger partial charge in [0, 0.05) is 37.6 Å². The van der Waals surface area contributed by atoms with Crippen molar-refractivity contribution in [1.82, 2.24) is 19.7 Å². The van der Waals surface area contributed by atoms with Crippen LogP contribution in [0.3, 0.4) is 0 Å². The summed E-state index contributed by atoms with van der Waals surface area (Å²) in [6.07, 6.45) is 6.68. The summed E-state index contributed by atoms with van der Waals surface area (Å²) >= 11 is 0. The van der Waals surface area contributed by atoms with Gasteiger partial charge in [0.2, 0.25) is 0 Å². The number of ether oxygens (including phenoxy) is 2. The Morgan fingerprint density at radius 1 is 1.09 bits per heavy atom. The fraction of sp³-hybridized carbons (Fsp3) is 0.259. The molecule has 5 rings (SSSR count). The zero-order valence-electron chi connectivity index (χ0n) is 19.5. The minimum Gasteiger partial charge on any atom is -0.497 e. The van der Waals surface area contributed by atoms with Gasteiger partial charge in [-0.2, -0.15) is 5.10 Å². The van der Waals surface area contributed by atoms with Crippen molar-refractivity contribution in [2.75, 3.05) is 26.9 Å². The number of aromatic nitrogens is 3. The Hall–Kier alpha value is -3.91. The maximum absolute atomic E-state index is 14.6. The topological polar surface area (TPSA) is 70.3 Å². The molecule has 1 fully saturated rings. The van der Waals surface area contributed by atoms with Crippen LogP contribution in [0.15, 0.2) is 79.3 Å². The first-order valence-electron chi connectivity index (χ1n) is 11.6. The average Bonchev–Trinajstić information content (AvgIpc) is 3.58. The lowest BCUT2D eigenvalue weighted by Crippen LogP contribution is -2.44. The van der Waals surface area contributed by atoms with Crippen LogP contribution >= 0.6 is 0 Å². The van der Waals surface area contributed by atoms with Gasteiger partial charge in [-0.25, -0.2) is 9.07 Å². The molecule has 0 saturated carbocycles. The second-order valence-electron chi connectivity index (χ2n) is 8.64. The van der Waals surface area contributed by atoms with Gasteiger partial charge in [0.15, 0.2) is 5.82 Å². The second-order valence-corrected chi connectivity index (χ2v) is 8.64. The van der Waals surface area contributed by atoms with Crippen molar-refractivity contribution in [2.24, 2.45) is 0 Å². The molecule has 2 aromatic carbocycles. The Balaban J connectivity index is 1.46. The van der Waals surface area contributed by atoms with Gasteiger partial charge in [-0.05, 0) is 54.8 Å². The molecule has 1 amide bonds. The smallest absolute Gasteiger partial charge is 0.256 e. The van der Waals surface area contributed by atoms with Crippen LogP contribution in [0.2, 0.25) is 0 Å². The first-order chi connectivity index (χ1) is 17.1. The Morgan fingerprint density at radius 3 is 2.49 bits per heavy atom. The number of benzene rings is 2. The Labute approximate surface area is 203 Å². The lowest BCUT2D eigenvalue weighted by atomic mass is 9.74. The zero-order chi connectivity index (χ0) is 24.3. The molecule has 0 radical (unpaired) electrons. The van der Waals surface area contributed by atoms with Crippen LogP contribution < -0.4 is 10.1 Å². The van der Waals surface area contributed by atoms with Crippen molar-refractivity contribution in [3.05, 3.63) is 96.2 Å². The third-order valence-corrected chi connectivity index (χ3v) is 6.66. The van der Waals surface area contributed by atoms with E-state index in [1.54, 1.807) is 29.9 Å². The van der Waals surface area contributed by atoms with Gasteiger partial charge in [0.1, 0.15) is 22.8 Å². The number of hydrogen-bond acceptors (Lipinski definition) is 4. The molecule has 1 saturated heterocycles. The van der Waals surface area contributed by atoms with Crippen LogP contribution in [-0.4, -0.2) is 47.1 Å². The molecule has 0 bridgehead atoms. The maximum atomic E-state index is 14.6. The number of methoxy groups -OCH3 is 1. The number of amides is 1. The molecule has 1 aliphatic heterocycles. The first kappa shape index (κ1) is 22.9. The van der Waals surface area contributed by atoms with Crippen LogP contribution in [0.1, 0.15) is 28.8 Å². The number of halogens is 1. The van der Waals surface area contributed by atoms with E-state index in [1.165, 1.54) is 16.9 Å². The van der Waals surface area contributed by atoms with Crippen LogP contribution in [-0.2, 0) is 10.2 Å². The molecule has 0 aliphatic carbocycles. The van der Waals surface area contributed by atoms with Crippen molar-refractivity contribution in [1.29, 1.82) is 0 Å². The van der Waals surface area contributed by atoms with E-state index < -0.39 is 5.82 Å². The van der Waals surface area contributed by atoms with E-state index in [-0.39, 0.29) is 17.0 Å². The van der Waals surface area contributed by atoms with E-state index in [9.17, 15) is 9.18 Å². The van der Waals surface area contributed by atoms with Gasteiger partial charge in [-0.1, -0.05) is 24.3 Å². The first-order valence-corrected chi connectivity index (χ1v) is 11.6. The summed E-state index contributed by atoms with van der Waals surface area (Å²) < 4.78 is 28.8. The summed E-state index contributed by atoms with van der Waals surface area (Å²) in [5.41, 5.74) is 1.51. The van der Waals surface area contributed by atoms with E-state index >= 15 is 0 Å². The standard InChI is InChI=1S/C27H27FN4O3/c1-34-21-10-8-20(9-11-21)27(12-16-35-17-13-27)19-29-25(33)22-18-30-32(24-7-3-2-6-23(24)28)26(22)31-14-4-5-15-31/h2-11,14-15,18H,12-13,16-17,19H2,1H3,(H,29,33). The quantitative estimate of drug-likeness (QED) is 0.434. The molecule has 1 N–H and O–H groups in total. The molecule has 4 aromatic rings. The third kappa shape index (κ3) is 4.44. The largest absolute Gasteiger partial charge is 0.497 e. The van der Waals surface area contributed by atoms with Gasteiger partial charge in [-0.15, -0.1) is 0 Å². The number of carbonyl (C=O) groups excluding carboxylic acids is 1. The van der Waals surface area contributed by atoms with Crippen molar-refractivity contribution >= 4 is 5.91 Å². The molecule has 180 valence electrons. The fourth-order valence-electron chi connectivity index (χ4n) is 4.65. The average molecular weight is 475 g/mol. The van der Waals surface area contributed by atoms with Crippen molar-refractivity contribution in [2.45, 2.75) is 18.3 Å². The maximum Gasteiger partial charge on any atom is 0.256 e. The minimum atomic E-state index is -0.420. The van der Waals surface area contributed by atoms with E-state index in [1.807, 2.05) is 36.7 Å². The highest BCUT2D eigenvalue weighted by Gasteiger charge is 2.35. The zero-order valence-corrected chi connectivity index (χ0v) is 19.5. The minimum absolute atomic E-state index is 0.255. The third-order valence-electron chi connectivity index (χ3n) is 6.66. The molecular weight excluding hydrogens is 447 g/mol. The molecule has 7 nitrogen and oxygen atoms in total. The molecule has 0 atom stereocenters. The molecule has 3 heterocycles. The SMILES string of the molecule is COc1ccc(C2(CNC(=O)c3cnn(-c4ccccc4F)c3-n3cccc3)CCOCC2)cc1. The van der Waals surface area contributed by atoms with Gasteiger partial charge in [0.25, 0.3) is 5.91 Å². The molecule has 1 aliphatic rings. The Bertz CT molecular complexity index is 1290. The number of hydrogen-bond donors (Lipinski definition) is 1. The number of rotatable bonds is 7. The van der Waals surface area contributed by atoms with Crippen molar-refractivity contribution in [3.63, 3.8) is 0 Å². The van der Waals surface area contributed by atoms with Crippen LogP contribution in [0.25, 0.3) is 11.5 Å². The van der Waals surface area contributed by atoms with Gasteiger partial charge in [0.05, 0.1) is 13.3 Å². The van der Waals surface area contributed by atoms with E-state index in [4.69, 9.17) is 9.47 Å². The van der Waals surface area contributed by atoms with Crippen LogP contribution in [0.4, 0.5) is 4.39 Å². The van der Waals surface area contributed by atoms with Gasteiger partial charge in [-0.3, -0.25) is 4.79 Å². The summed E-state index contributed by atoms with van der Waals surface area (Å²) in [5.74, 6) is 0.576. The van der Waals surface area contributed by atoms with E-state index in [0.717, 1.165) is 24.2 Å². The lowest BCUT2D eigenvalue weighted by Gasteiger charge is -2.38. The molecule has 0 unspecified atom stereocenters. The summed E-state index contributed by atoms with van der Waals surface area (Å²) in [6, 6.07) is 18.1.